The Bertz CT molecular complexity index is 197. The minimum absolute atomic E-state index is 0.107. The molecule has 3 nitrogen and oxygen atoms in total. The van der Waals surface area contributed by atoms with Crippen molar-refractivity contribution in [3.8, 4) is 0 Å². The van der Waals surface area contributed by atoms with E-state index in [2.05, 4.69) is 6.92 Å². The van der Waals surface area contributed by atoms with Gasteiger partial charge >= 0.3 is 5.97 Å². The van der Waals surface area contributed by atoms with Crippen molar-refractivity contribution in [1.29, 1.82) is 0 Å². The largest absolute Gasteiger partial charge is 0.481 e. The maximum atomic E-state index is 10.4. The minimum Gasteiger partial charge on any atom is -0.481 e. The topological polar surface area (TPSA) is 63.3 Å². The fraction of sp³-hybridized carbons (Fsp3) is 0.909. The summed E-state index contributed by atoms with van der Waals surface area (Å²) in [4.78, 5) is 10.4. The van der Waals surface area contributed by atoms with Crippen LogP contribution in [0.25, 0.3) is 0 Å². The first-order valence-corrected chi connectivity index (χ1v) is 5.49. The number of nitrogens with two attached hydrogens (primary N) is 1. The van der Waals surface area contributed by atoms with Crippen LogP contribution in [0.15, 0.2) is 0 Å². The summed E-state index contributed by atoms with van der Waals surface area (Å²) in [5, 5.41) is 8.56. The van der Waals surface area contributed by atoms with Crippen molar-refractivity contribution in [3.63, 3.8) is 0 Å². The van der Waals surface area contributed by atoms with Crippen LogP contribution in [0.5, 0.6) is 0 Å². The van der Waals surface area contributed by atoms with Gasteiger partial charge in [-0.2, -0.15) is 0 Å². The fourth-order valence-electron chi connectivity index (χ4n) is 2.34. The predicted octanol–water partition coefficient (Wildman–Crippen LogP) is 2.15. The molecule has 0 radical (unpaired) electrons. The zero-order valence-electron chi connectivity index (χ0n) is 8.96. The number of carboxylic acid groups (broad SMARTS) is 1. The van der Waals surface area contributed by atoms with Crippen LogP contribution in [-0.4, -0.2) is 17.1 Å². The van der Waals surface area contributed by atoms with Crippen molar-refractivity contribution >= 4 is 5.97 Å². The molecule has 3 heteroatoms. The van der Waals surface area contributed by atoms with E-state index in [1.165, 1.54) is 25.7 Å². The van der Waals surface area contributed by atoms with Gasteiger partial charge in [-0.3, -0.25) is 4.79 Å². The molecule has 1 fully saturated rings. The molecule has 1 unspecified atom stereocenters. The molecular weight excluding hydrogens is 178 g/mol. The minimum atomic E-state index is -0.783. The first kappa shape index (κ1) is 11.5. The summed E-state index contributed by atoms with van der Waals surface area (Å²) in [5.41, 5.74) is 6.17. The summed E-state index contributed by atoms with van der Waals surface area (Å²) in [6.07, 6.45) is 7.26. The molecule has 0 amide bonds. The van der Waals surface area contributed by atoms with Crippen molar-refractivity contribution in [1.82, 2.24) is 0 Å². The van der Waals surface area contributed by atoms with Crippen LogP contribution >= 0.6 is 0 Å². The smallest absolute Gasteiger partial charge is 0.304 e. The molecule has 0 spiro atoms. The molecule has 0 aromatic heterocycles. The normalized spacial score (nSPS) is 22.1. The molecule has 0 aromatic carbocycles. The second-order valence-corrected chi connectivity index (χ2v) is 4.91. The van der Waals surface area contributed by atoms with Crippen molar-refractivity contribution in [2.45, 2.75) is 57.9 Å². The monoisotopic (exact) mass is 199 g/mol. The van der Waals surface area contributed by atoms with Crippen LogP contribution in [0.4, 0.5) is 0 Å². The molecule has 82 valence electrons. The molecule has 0 aromatic rings. The van der Waals surface area contributed by atoms with E-state index in [1.54, 1.807) is 0 Å². The van der Waals surface area contributed by atoms with Crippen LogP contribution in [0.1, 0.15) is 51.9 Å². The Hall–Kier alpha value is -0.570. The predicted molar refractivity (Wildman–Crippen MR) is 56.0 cm³/mol. The summed E-state index contributed by atoms with van der Waals surface area (Å²) >= 11 is 0. The van der Waals surface area contributed by atoms with Gasteiger partial charge in [0.2, 0.25) is 0 Å². The first-order chi connectivity index (χ1) is 6.52. The summed E-state index contributed by atoms with van der Waals surface area (Å²) < 4.78 is 0. The average Bonchev–Trinajstić information content (AvgIpc) is 2.49. The van der Waals surface area contributed by atoms with E-state index in [4.69, 9.17) is 10.8 Å². The van der Waals surface area contributed by atoms with E-state index in [-0.39, 0.29) is 12.5 Å². The van der Waals surface area contributed by atoms with E-state index in [0.717, 1.165) is 12.8 Å². The molecule has 1 aliphatic rings. The number of carboxylic acids is 1. The maximum Gasteiger partial charge on any atom is 0.304 e. The van der Waals surface area contributed by atoms with Crippen molar-refractivity contribution < 1.29 is 9.90 Å². The molecule has 1 rings (SSSR count). The van der Waals surface area contributed by atoms with E-state index in [1.807, 2.05) is 0 Å². The third-order valence-corrected chi connectivity index (χ3v) is 3.37. The number of carbonyl (C=O) groups is 1. The second kappa shape index (κ2) is 4.78. The highest BCUT2D eigenvalue weighted by atomic mass is 16.4. The van der Waals surface area contributed by atoms with E-state index in [0.29, 0.717) is 5.41 Å². The summed E-state index contributed by atoms with van der Waals surface area (Å²) in [6, 6.07) is -0.162. The highest BCUT2D eigenvalue weighted by Crippen LogP contribution is 2.41. The van der Waals surface area contributed by atoms with Gasteiger partial charge in [0.15, 0.2) is 0 Å². The van der Waals surface area contributed by atoms with Crippen molar-refractivity contribution in [3.05, 3.63) is 0 Å². The lowest BCUT2D eigenvalue weighted by molar-refractivity contribution is -0.137. The van der Waals surface area contributed by atoms with Crippen LogP contribution in [0.2, 0.25) is 0 Å². The van der Waals surface area contributed by atoms with Gasteiger partial charge in [-0.05, 0) is 31.1 Å². The number of aliphatic carboxylic acids is 1. The van der Waals surface area contributed by atoms with Gasteiger partial charge in [0.1, 0.15) is 0 Å². The number of rotatable bonds is 5. The molecule has 0 heterocycles. The Kier molecular flexibility index (Phi) is 3.93. The molecule has 1 atom stereocenters. The maximum absolute atomic E-state index is 10.4. The SMILES string of the molecule is CC1(CCC(N)CC(=O)O)CCCC1. The average molecular weight is 199 g/mol. The lowest BCUT2D eigenvalue weighted by atomic mass is 9.82. The third kappa shape index (κ3) is 3.66. The van der Waals surface area contributed by atoms with Crippen LogP contribution in [0, 0.1) is 5.41 Å². The molecule has 0 bridgehead atoms. The van der Waals surface area contributed by atoms with Gasteiger partial charge in [-0.25, -0.2) is 0 Å². The summed E-state index contributed by atoms with van der Waals surface area (Å²) in [6.45, 7) is 2.30. The standard InChI is InChI=1S/C11H21NO2/c1-11(5-2-3-6-11)7-4-9(12)8-10(13)14/h9H,2-8,12H2,1H3,(H,13,14). The highest BCUT2D eigenvalue weighted by Gasteiger charge is 2.28. The van der Waals surface area contributed by atoms with E-state index in [9.17, 15) is 4.79 Å². The molecule has 14 heavy (non-hydrogen) atoms. The first-order valence-electron chi connectivity index (χ1n) is 5.49. The van der Waals surface area contributed by atoms with Crippen molar-refractivity contribution in [2.75, 3.05) is 0 Å². The Morgan fingerprint density at radius 3 is 2.57 bits per heavy atom. The van der Waals surface area contributed by atoms with E-state index >= 15 is 0 Å². The zero-order chi connectivity index (χ0) is 10.6. The Morgan fingerprint density at radius 2 is 2.07 bits per heavy atom. The number of hydrogen-bond acceptors (Lipinski definition) is 2. The molecule has 3 N–H and O–H groups in total. The van der Waals surface area contributed by atoms with Gasteiger partial charge in [0.25, 0.3) is 0 Å². The highest BCUT2D eigenvalue weighted by molar-refractivity contribution is 5.67. The third-order valence-electron chi connectivity index (χ3n) is 3.37. The van der Waals surface area contributed by atoms with Crippen LogP contribution < -0.4 is 5.73 Å². The van der Waals surface area contributed by atoms with E-state index < -0.39 is 5.97 Å². The quantitative estimate of drug-likeness (QED) is 0.713. The van der Waals surface area contributed by atoms with Gasteiger partial charge in [-0.15, -0.1) is 0 Å². The van der Waals surface area contributed by atoms with Gasteiger partial charge in [0, 0.05) is 6.04 Å². The van der Waals surface area contributed by atoms with Gasteiger partial charge in [-0.1, -0.05) is 19.8 Å². The number of hydrogen-bond donors (Lipinski definition) is 2. The molecule has 0 aliphatic heterocycles. The Morgan fingerprint density at radius 1 is 1.50 bits per heavy atom. The second-order valence-electron chi connectivity index (χ2n) is 4.91. The molecule has 1 aliphatic carbocycles. The van der Waals surface area contributed by atoms with Crippen LogP contribution in [0.3, 0.4) is 0 Å². The Labute approximate surface area is 85.7 Å². The lowest BCUT2D eigenvalue weighted by Crippen LogP contribution is -2.26. The lowest BCUT2D eigenvalue weighted by Gasteiger charge is -2.24. The molecular formula is C11H21NO2. The molecule has 0 saturated heterocycles. The summed E-state index contributed by atoms with van der Waals surface area (Å²) in [7, 11) is 0. The van der Waals surface area contributed by atoms with Gasteiger partial charge < -0.3 is 10.8 Å². The van der Waals surface area contributed by atoms with Gasteiger partial charge in [0.05, 0.1) is 6.42 Å². The fourth-order valence-corrected chi connectivity index (χ4v) is 2.34. The Balaban J connectivity index is 2.22. The van der Waals surface area contributed by atoms with Crippen LogP contribution in [-0.2, 0) is 4.79 Å². The summed E-state index contributed by atoms with van der Waals surface area (Å²) in [5.74, 6) is -0.783. The molecule has 1 saturated carbocycles. The van der Waals surface area contributed by atoms with Crippen molar-refractivity contribution in [2.24, 2.45) is 11.1 Å². The zero-order valence-corrected chi connectivity index (χ0v) is 8.96.